The monoisotopic (exact) mass is 625 g/mol. The van der Waals surface area contributed by atoms with Crippen LogP contribution in [0.1, 0.15) is 88.0 Å². The van der Waals surface area contributed by atoms with Crippen LogP contribution in [0.5, 0.6) is 5.75 Å². The molecular weight excluding hydrogens is 582 g/mol. The van der Waals surface area contributed by atoms with Gasteiger partial charge in [0.25, 0.3) is 5.91 Å². The molecule has 2 aromatic rings. The van der Waals surface area contributed by atoms with Crippen LogP contribution in [0.25, 0.3) is 4.85 Å². The number of nitrogens with zero attached hydrogens (tertiary/aromatic N) is 4. The van der Waals surface area contributed by atoms with Gasteiger partial charge in [0.15, 0.2) is 0 Å². The van der Waals surface area contributed by atoms with Crippen molar-refractivity contribution < 1.29 is 9.53 Å². The molecule has 4 heterocycles. The molecule has 2 saturated heterocycles. The molecule has 7 rings (SSSR count). The van der Waals surface area contributed by atoms with E-state index >= 15 is 0 Å². The fraction of sp³-hybridized carbons (Fsp3) is 0.595. The number of nitrogens with one attached hydrogen (secondary N) is 1. The van der Waals surface area contributed by atoms with Gasteiger partial charge in [-0.2, -0.15) is 0 Å². The average molecular weight is 626 g/mol. The minimum atomic E-state index is -0.308. The lowest BCUT2D eigenvalue weighted by molar-refractivity contribution is -0.199. The quantitative estimate of drug-likeness (QED) is 0.302. The summed E-state index contributed by atoms with van der Waals surface area (Å²) in [5.41, 5.74) is 2.65. The number of rotatable bonds is 4. The van der Waals surface area contributed by atoms with Crippen LogP contribution in [0.4, 0.5) is 5.69 Å². The van der Waals surface area contributed by atoms with Gasteiger partial charge in [0.05, 0.1) is 29.4 Å². The Kier molecular flexibility index (Phi) is 7.67. The first-order valence-electron chi connectivity index (χ1n) is 16.6. The second-order valence-corrected chi connectivity index (χ2v) is 15.7. The third kappa shape index (κ3) is 5.32. The number of aromatic nitrogens is 1. The van der Waals surface area contributed by atoms with Crippen molar-refractivity contribution in [2.75, 3.05) is 26.2 Å². The van der Waals surface area contributed by atoms with E-state index in [9.17, 15) is 4.79 Å². The highest BCUT2D eigenvalue weighted by molar-refractivity contribution is 6.33. The summed E-state index contributed by atoms with van der Waals surface area (Å²) in [6.07, 6.45) is 7.33. The number of benzene rings is 1. The number of carbonyl (C=O) groups is 1. The summed E-state index contributed by atoms with van der Waals surface area (Å²) < 4.78 is 6.46. The third-order valence-corrected chi connectivity index (χ3v) is 11.8. The first-order chi connectivity index (χ1) is 21.5. The number of hydrogen-bond acceptors (Lipinski definition) is 5. The van der Waals surface area contributed by atoms with Gasteiger partial charge >= 0.3 is 0 Å². The van der Waals surface area contributed by atoms with Crippen molar-refractivity contribution in [2.45, 2.75) is 91.0 Å². The van der Waals surface area contributed by atoms with E-state index in [4.69, 9.17) is 27.9 Å². The lowest BCUT2D eigenvalue weighted by atomic mass is 9.49. The van der Waals surface area contributed by atoms with E-state index in [-0.39, 0.29) is 28.9 Å². The largest absolute Gasteiger partial charge is 0.489 e. The Bertz CT molecular complexity index is 1580. The molecule has 1 aromatic heterocycles. The number of carbonyl (C=O) groups excluding carboxylic acids is 1. The molecule has 2 saturated carbocycles. The van der Waals surface area contributed by atoms with Gasteiger partial charge in [0.1, 0.15) is 17.5 Å². The standard InChI is InChI=1S/C37H44ClN5O2/c1-35(2)33(36(3,4)34(35)45-27-13-15-30(39-5)29(38)20-27)43-21-31-28(32(43)44)14-10-25(41-31)9-6-24-7-11-26(12-8-24)42-22-37(23-42)16-18-40-19-17-37/h10,13-15,20,24,26,33-34,40H,7-8,11-12,16-19,21-23H2,1-4H3. The van der Waals surface area contributed by atoms with Crippen LogP contribution in [0.15, 0.2) is 30.3 Å². The van der Waals surface area contributed by atoms with E-state index in [0.717, 1.165) is 30.3 Å². The van der Waals surface area contributed by atoms with Crippen molar-refractivity contribution in [3.8, 4) is 17.6 Å². The van der Waals surface area contributed by atoms with Gasteiger partial charge in [-0.15, -0.1) is 0 Å². The molecule has 4 fully saturated rings. The molecule has 0 unspecified atom stereocenters. The minimum absolute atomic E-state index is 0.0293. The van der Waals surface area contributed by atoms with Crippen LogP contribution in [0.2, 0.25) is 5.02 Å². The zero-order valence-corrected chi connectivity index (χ0v) is 27.7. The van der Waals surface area contributed by atoms with Gasteiger partial charge in [-0.05, 0) is 87.2 Å². The summed E-state index contributed by atoms with van der Waals surface area (Å²) in [6.45, 7) is 21.3. The molecule has 1 amide bonds. The number of halogens is 1. The summed E-state index contributed by atoms with van der Waals surface area (Å²) in [7, 11) is 0. The summed E-state index contributed by atoms with van der Waals surface area (Å²) in [5, 5.41) is 3.89. The van der Waals surface area contributed by atoms with Crippen LogP contribution >= 0.6 is 11.6 Å². The fourth-order valence-electron chi connectivity index (χ4n) is 9.59. The van der Waals surface area contributed by atoms with Crippen LogP contribution in [0.3, 0.4) is 0 Å². The third-order valence-electron chi connectivity index (χ3n) is 11.5. The van der Waals surface area contributed by atoms with Crippen molar-refractivity contribution in [1.82, 2.24) is 20.1 Å². The zero-order valence-electron chi connectivity index (χ0n) is 27.0. The van der Waals surface area contributed by atoms with Crippen LogP contribution in [-0.2, 0) is 6.54 Å². The molecule has 0 atom stereocenters. The van der Waals surface area contributed by atoms with Crippen molar-refractivity contribution in [1.29, 1.82) is 0 Å². The summed E-state index contributed by atoms with van der Waals surface area (Å²) in [4.78, 5) is 26.7. The maximum Gasteiger partial charge on any atom is 0.256 e. The first-order valence-corrected chi connectivity index (χ1v) is 17.0. The Morgan fingerprint density at radius 2 is 1.76 bits per heavy atom. The highest BCUT2D eigenvalue weighted by atomic mass is 35.5. The van der Waals surface area contributed by atoms with Gasteiger partial charge in [0, 0.05) is 41.9 Å². The highest BCUT2D eigenvalue weighted by Crippen LogP contribution is 2.59. The number of likely N-dealkylation sites (tertiary alicyclic amines) is 1. The van der Waals surface area contributed by atoms with Gasteiger partial charge < -0.3 is 15.0 Å². The predicted molar refractivity (Wildman–Crippen MR) is 176 cm³/mol. The molecule has 45 heavy (non-hydrogen) atoms. The number of hydrogen-bond donors (Lipinski definition) is 1. The number of pyridine rings is 1. The van der Waals surface area contributed by atoms with E-state index < -0.39 is 0 Å². The Labute approximate surface area is 272 Å². The Hall–Kier alpha value is -3.10. The molecule has 1 aromatic carbocycles. The Morgan fingerprint density at radius 3 is 2.42 bits per heavy atom. The highest BCUT2D eigenvalue weighted by Gasteiger charge is 2.67. The Balaban J connectivity index is 0.970. The lowest BCUT2D eigenvalue weighted by Gasteiger charge is -2.65. The molecule has 7 nitrogen and oxygen atoms in total. The van der Waals surface area contributed by atoms with Crippen LogP contribution in [-0.4, -0.2) is 65.1 Å². The second-order valence-electron chi connectivity index (χ2n) is 15.3. The average Bonchev–Trinajstić information content (AvgIpc) is 3.32. The second kappa shape index (κ2) is 11.3. The number of ether oxygens (including phenoxy) is 1. The van der Waals surface area contributed by atoms with Crippen molar-refractivity contribution in [3.05, 3.63) is 63.7 Å². The van der Waals surface area contributed by atoms with Gasteiger partial charge in [-0.1, -0.05) is 51.3 Å². The molecule has 1 spiro atoms. The molecule has 0 bridgehead atoms. The zero-order chi connectivity index (χ0) is 31.6. The molecule has 1 N–H and O–H groups in total. The van der Waals surface area contributed by atoms with Crippen molar-refractivity contribution >= 4 is 23.2 Å². The maximum absolute atomic E-state index is 13.7. The Morgan fingerprint density at radius 1 is 1.04 bits per heavy atom. The molecule has 2 aliphatic carbocycles. The molecule has 5 aliphatic rings. The van der Waals surface area contributed by atoms with Crippen molar-refractivity contribution in [2.24, 2.45) is 22.2 Å². The SMILES string of the molecule is [C-]#[N+]c1ccc(OC2C(C)(C)C(N3Cc4nc(C#CC5CCC(N6CC7(CCNCC7)C6)CC5)ccc4C3=O)C2(C)C)cc1Cl. The van der Waals surface area contributed by atoms with Crippen molar-refractivity contribution in [3.63, 3.8) is 0 Å². The molecular formula is C37H44ClN5O2. The minimum Gasteiger partial charge on any atom is -0.489 e. The van der Waals surface area contributed by atoms with Crippen LogP contribution in [0, 0.1) is 40.6 Å². The first kappa shape index (κ1) is 30.5. The predicted octanol–water partition coefficient (Wildman–Crippen LogP) is 6.72. The molecule has 236 valence electrons. The summed E-state index contributed by atoms with van der Waals surface area (Å²) in [5.74, 6) is 7.99. The number of amides is 1. The normalized spacial score (nSPS) is 29.5. The lowest BCUT2D eigenvalue weighted by Crippen LogP contribution is -2.74. The molecule has 3 aliphatic heterocycles. The van der Waals surface area contributed by atoms with E-state index in [1.807, 2.05) is 17.0 Å². The number of piperidine rings is 1. The van der Waals surface area contributed by atoms with E-state index in [2.05, 4.69) is 54.6 Å². The topological polar surface area (TPSA) is 62.1 Å². The van der Waals surface area contributed by atoms with E-state index in [1.165, 1.54) is 51.9 Å². The smallest absolute Gasteiger partial charge is 0.256 e. The fourth-order valence-corrected chi connectivity index (χ4v) is 9.81. The summed E-state index contributed by atoms with van der Waals surface area (Å²) in [6, 6.07) is 9.72. The number of fused-ring (bicyclic) bond motifs is 1. The maximum atomic E-state index is 13.7. The van der Waals surface area contributed by atoms with Gasteiger partial charge in [-0.25, -0.2) is 9.83 Å². The van der Waals surface area contributed by atoms with Crippen LogP contribution < -0.4 is 10.1 Å². The van der Waals surface area contributed by atoms with Gasteiger partial charge in [0.2, 0.25) is 5.69 Å². The molecule has 8 heteroatoms. The molecule has 0 radical (unpaired) electrons. The van der Waals surface area contributed by atoms with Gasteiger partial charge in [-0.3, -0.25) is 9.69 Å². The summed E-state index contributed by atoms with van der Waals surface area (Å²) >= 11 is 6.28. The van der Waals surface area contributed by atoms with E-state index in [1.54, 1.807) is 18.2 Å². The van der Waals surface area contributed by atoms with E-state index in [0.29, 0.717) is 39.9 Å².